The van der Waals surface area contributed by atoms with Gasteiger partial charge in [-0.05, 0) is 24.1 Å². The molecule has 0 saturated heterocycles. The number of hydrogen-bond donors (Lipinski definition) is 0. The molecule has 1 saturated carbocycles. The van der Waals surface area contributed by atoms with Gasteiger partial charge >= 0.3 is 0 Å². The van der Waals surface area contributed by atoms with E-state index in [0.717, 1.165) is 18.4 Å². The van der Waals surface area contributed by atoms with Crippen molar-refractivity contribution in [2.75, 3.05) is 6.26 Å². The first-order valence-electron chi connectivity index (χ1n) is 7.80. The Morgan fingerprint density at radius 2 is 1.73 bits per heavy atom. The first kappa shape index (κ1) is 19.2. The molecule has 0 N–H and O–H groups in total. The van der Waals surface area contributed by atoms with Crippen molar-refractivity contribution in [1.82, 2.24) is 0 Å². The molecule has 1 aromatic rings. The van der Waals surface area contributed by atoms with Crippen LogP contribution >= 0.6 is 11.6 Å². The number of fused-ring (bicyclic) bond motifs is 1. The molecular formula is C16H15ClO7S2. The number of benzene rings is 1. The average molecular weight is 419 g/mol. The molecule has 10 heteroatoms. The van der Waals surface area contributed by atoms with Gasteiger partial charge in [-0.25, -0.2) is 16.8 Å². The van der Waals surface area contributed by atoms with Crippen LogP contribution in [0.25, 0.3) is 0 Å². The lowest BCUT2D eigenvalue weighted by Gasteiger charge is -2.19. The SMILES string of the molecule is CS(=O)(=O)C1Cc2c(ccc(C(=O)C3C(=O)CCCC3=O)c2Cl)S1(=O)=O. The zero-order valence-corrected chi connectivity index (χ0v) is 16.1. The summed E-state index contributed by atoms with van der Waals surface area (Å²) in [5.41, 5.74) is -0.105. The lowest BCUT2D eigenvalue weighted by molar-refractivity contribution is -0.133. The van der Waals surface area contributed by atoms with Crippen molar-refractivity contribution in [3.63, 3.8) is 0 Å². The molecule has 1 aromatic carbocycles. The zero-order chi connectivity index (χ0) is 19.4. The summed E-state index contributed by atoms with van der Waals surface area (Å²) in [6, 6.07) is 2.26. The van der Waals surface area contributed by atoms with Crippen molar-refractivity contribution in [1.29, 1.82) is 0 Å². The van der Waals surface area contributed by atoms with Crippen molar-refractivity contribution in [2.45, 2.75) is 35.2 Å². The van der Waals surface area contributed by atoms with Gasteiger partial charge in [0.1, 0.15) is 5.92 Å². The van der Waals surface area contributed by atoms with Crippen LogP contribution in [0.4, 0.5) is 0 Å². The Bertz CT molecular complexity index is 1040. The second-order valence-electron chi connectivity index (χ2n) is 6.50. The lowest BCUT2D eigenvalue weighted by atomic mass is 9.81. The molecule has 0 bridgehead atoms. The quantitative estimate of drug-likeness (QED) is 0.533. The number of Topliss-reactive ketones (excluding diaryl/α,β-unsaturated/α-hetero) is 3. The highest BCUT2D eigenvalue weighted by Gasteiger charge is 2.46. The number of hydrogen-bond acceptors (Lipinski definition) is 7. The van der Waals surface area contributed by atoms with Gasteiger partial charge in [0, 0.05) is 31.1 Å². The standard InChI is InChI=1S/C16H15ClO7S2/c1-25(21,22)13-7-9-12(26(13,23)24)6-5-8(15(9)17)16(20)14-10(18)3-2-4-11(14)19/h5-6,13-14H,2-4,7H2,1H3. The Morgan fingerprint density at radius 1 is 1.15 bits per heavy atom. The van der Waals surface area contributed by atoms with E-state index >= 15 is 0 Å². The molecular weight excluding hydrogens is 404 g/mol. The number of rotatable bonds is 3. The van der Waals surface area contributed by atoms with Crippen molar-refractivity contribution in [3.05, 3.63) is 28.3 Å². The van der Waals surface area contributed by atoms with Gasteiger partial charge in [-0.1, -0.05) is 11.6 Å². The Morgan fingerprint density at radius 3 is 2.27 bits per heavy atom. The summed E-state index contributed by atoms with van der Waals surface area (Å²) in [4.78, 5) is 36.4. The molecule has 140 valence electrons. The van der Waals surface area contributed by atoms with E-state index in [9.17, 15) is 31.2 Å². The summed E-state index contributed by atoms with van der Waals surface area (Å²) >= 11 is 6.20. The van der Waals surface area contributed by atoms with Crippen molar-refractivity contribution in [3.8, 4) is 0 Å². The molecule has 3 rings (SSSR count). The van der Waals surface area contributed by atoms with E-state index in [1.54, 1.807) is 0 Å². The molecule has 26 heavy (non-hydrogen) atoms. The van der Waals surface area contributed by atoms with E-state index in [0.29, 0.717) is 6.42 Å². The fraction of sp³-hybridized carbons (Fsp3) is 0.438. The summed E-state index contributed by atoms with van der Waals surface area (Å²) in [5.74, 6) is -3.16. The zero-order valence-electron chi connectivity index (χ0n) is 13.7. The molecule has 0 radical (unpaired) electrons. The minimum Gasteiger partial charge on any atom is -0.298 e. The maximum atomic E-state index is 12.7. The Kier molecular flexibility index (Phi) is 4.61. The third-order valence-electron chi connectivity index (χ3n) is 4.72. The van der Waals surface area contributed by atoms with Gasteiger partial charge in [-0.2, -0.15) is 0 Å². The number of carbonyl (C=O) groups excluding carboxylic acids is 3. The van der Waals surface area contributed by atoms with Crippen LogP contribution in [0.2, 0.25) is 5.02 Å². The Balaban J connectivity index is 2.09. The van der Waals surface area contributed by atoms with Crippen LogP contribution in [0.5, 0.6) is 0 Å². The van der Waals surface area contributed by atoms with Gasteiger partial charge in [0.25, 0.3) is 0 Å². The maximum Gasteiger partial charge on any atom is 0.196 e. The summed E-state index contributed by atoms with van der Waals surface area (Å²) in [5, 5.41) is -0.214. The molecule has 0 aromatic heterocycles. The molecule has 1 aliphatic heterocycles. The van der Waals surface area contributed by atoms with Crippen LogP contribution in [0.1, 0.15) is 35.2 Å². The summed E-state index contributed by atoms with van der Waals surface area (Å²) < 4.78 is 46.8. The predicted molar refractivity (Wildman–Crippen MR) is 92.7 cm³/mol. The van der Waals surface area contributed by atoms with Crippen LogP contribution in [0.3, 0.4) is 0 Å². The fourth-order valence-corrected chi connectivity index (χ4v) is 7.87. The summed E-state index contributed by atoms with van der Waals surface area (Å²) in [7, 11) is -8.04. The fourth-order valence-electron chi connectivity index (χ4n) is 3.40. The van der Waals surface area contributed by atoms with Gasteiger partial charge < -0.3 is 0 Å². The minimum atomic E-state index is -4.13. The average Bonchev–Trinajstić information content (AvgIpc) is 2.79. The number of halogens is 1. The van der Waals surface area contributed by atoms with Gasteiger partial charge in [0.15, 0.2) is 41.6 Å². The smallest absolute Gasteiger partial charge is 0.196 e. The topological polar surface area (TPSA) is 119 Å². The highest BCUT2D eigenvalue weighted by Crippen LogP contribution is 2.40. The van der Waals surface area contributed by atoms with E-state index in [-0.39, 0.29) is 40.3 Å². The summed E-state index contributed by atoms with van der Waals surface area (Å²) in [6.45, 7) is 0. The number of sulfone groups is 2. The van der Waals surface area contributed by atoms with E-state index in [4.69, 9.17) is 11.6 Å². The van der Waals surface area contributed by atoms with Crippen LogP contribution in [0, 0.1) is 5.92 Å². The van der Waals surface area contributed by atoms with Crippen molar-refractivity contribution < 1.29 is 31.2 Å². The highest BCUT2D eigenvalue weighted by atomic mass is 35.5. The van der Waals surface area contributed by atoms with Crippen LogP contribution in [0.15, 0.2) is 17.0 Å². The van der Waals surface area contributed by atoms with Gasteiger partial charge in [-0.3, -0.25) is 14.4 Å². The van der Waals surface area contributed by atoms with E-state index in [1.807, 2.05) is 0 Å². The normalized spacial score (nSPS) is 23.1. The third-order valence-corrected chi connectivity index (χ3v) is 9.94. The molecule has 2 aliphatic rings. The van der Waals surface area contributed by atoms with Crippen LogP contribution in [-0.4, -0.2) is 45.0 Å². The third kappa shape index (κ3) is 2.91. The van der Waals surface area contributed by atoms with Crippen LogP contribution in [-0.2, 0) is 35.7 Å². The minimum absolute atomic E-state index is 0.0312. The van der Waals surface area contributed by atoms with Crippen molar-refractivity contribution in [2.24, 2.45) is 5.92 Å². The van der Waals surface area contributed by atoms with Crippen molar-refractivity contribution >= 4 is 48.6 Å². The first-order chi connectivity index (χ1) is 12.0. The van der Waals surface area contributed by atoms with Gasteiger partial charge in [0.05, 0.1) is 9.92 Å². The maximum absolute atomic E-state index is 12.7. The second kappa shape index (κ2) is 6.24. The van der Waals surface area contributed by atoms with E-state index < -0.39 is 47.5 Å². The molecule has 1 heterocycles. The second-order valence-corrected chi connectivity index (χ2v) is 11.5. The van der Waals surface area contributed by atoms with Crippen LogP contribution < -0.4 is 0 Å². The largest absolute Gasteiger partial charge is 0.298 e. The number of carbonyl (C=O) groups is 3. The van der Waals surface area contributed by atoms with E-state index in [1.165, 1.54) is 0 Å². The Hall–Kier alpha value is -1.58. The molecule has 1 unspecified atom stereocenters. The molecule has 1 fully saturated rings. The molecule has 0 spiro atoms. The predicted octanol–water partition coefficient (Wildman–Crippen LogP) is 1.16. The summed E-state index contributed by atoms with van der Waals surface area (Å²) in [6.07, 6.45) is 1.08. The lowest BCUT2D eigenvalue weighted by Crippen LogP contribution is -2.35. The molecule has 0 amide bonds. The first-order valence-corrected chi connectivity index (χ1v) is 11.7. The molecule has 7 nitrogen and oxygen atoms in total. The molecule has 1 aliphatic carbocycles. The Labute approximate surface area is 155 Å². The van der Waals surface area contributed by atoms with Gasteiger partial charge in [0.2, 0.25) is 0 Å². The monoisotopic (exact) mass is 418 g/mol. The van der Waals surface area contributed by atoms with Gasteiger partial charge in [-0.15, -0.1) is 0 Å². The highest BCUT2D eigenvalue weighted by molar-refractivity contribution is 8.09. The number of ketones is 3. The van der Waals surface area contributed by atoms with E-state index in [2.05, 4.69) is 0 Å². The molecule has 1 atom stereocenters.